The summed E-state index contributed by atoms with van der Waals surface area (Å²) in [6, 6.07) is 6.14. The smallest absolute Gasteiger partial charge is 0.123 e. The molecule has 1 aliphatic rings. The van der Waals surface area contributed by atoms with E-state index in [1.165, 1.54) is 31.4 Å². The van der Waals surface area contributed by atoms with Crippen molar-refractivity contribution >= 4 is 0 Å². The van der Waals surface area contributed by atoms with Gasteiger partial charge in [0.1, 0.15) is 11.9 Å². The highest BCUT2D eigenvalue weighted by atomic mass is 19.1. The molecule has 1 aliphatic carbocycles. The molecule has 1 aromatic rings. The highest BCUT2D eigenvalue weighted by molar-refractivity contribution is 5.26. The Kier molecular flexibility index (Phi) is 4.32. The molecule has 1 atom stereocenters. The summed E-state index contributed by atoms with van der Waals surface area (Å²) in [5.74, 6) is -0.257. The summed E-state index contributed by atoms with van der Waals surface area (Å²) in [6.07, 6.45) is 8.49. The lowest BCUT2D eigenvalue weighted by molar-refractivity contribution is 0.209. The van der Waals surface area contributed by atoms with E-state index in [1.807, 2.05) is 0 Å². The van der Waals surface area contributed by atoms with E-state index in [9.17, 15) is 9.50 Å². The SMILES string of the molecule is OC(/C1=C/CCCCCC1)c1ccc(F)cc1. The molecule has 0 spiro atoms. The molecule has 0 radical (unpaired) electrons. The fraction of sp³-hybridized carbons (Fsp3) is 0.467. The van der Waals surface area contributed by atoms with Gasteiger partial charge in [-0.2, -0.15) is 0 Å². The van der Waals surface area contributed by atoms with Crippen LogP contribution in [0.2, 0.25) is 0 Å². The topological polar surface area (TPSA) is 20.2 Å². The molecule has 0 saturated carbocycles. The molecule has 2 heteroatoms. The second kappa shape index (κ2) is 5.97. The summed E-state index contributed by atoms with van der Waals surface area (Å²) in [5, 5.41) is 10.3. The Labute approximate surface area is 102 Å². The summed E-state index contributed by atoms with van der Waals surface area (Å²) < 4.78 is 12.8. The van der Waals surface area contributed by atoms with Crippen molar-refractivity contribution in [3.63, 3.8) is 0 Å². The summed E-state index contributed by atoms with van der Waals surface area (Å²) in [4.78, 5) is 0. The van der Waals surface area contributed by atoms with Crippen molar-refractivity contribution in [1.29, 1.82) is 0 Å². The minimum atomic E-state index is -0.561. The van der Waals surface area contributed by atoms with Gasteiger partial charge in [-0.25, -0.2) is 4.39 Å². The standard InChI is InChI=1S/C15H19FO/c16-14-10-8-13(9-11-14)15(17)12-6-4-2-1-3-5-7-12/h6,8-11,15,17H,1-5,7H2/b12-6+. The van der Waals surface area contributed by atoms with Crippen LogP contribution >= 0.6 is 0 Å². The van der Waals surface area contributed by atoms with Crippen molar-refractivity contribution in [3.05, 3.63) is 47.3 Å². The van der Waals surface area contributed by atoms with Crippen molar-refractivity contribution in [2.75, 3.05) is 0 Å². The van der Waals surface area contributed by atoms with E-state index in [4.69, 9.17) is 0 Å². The molecule has 1 aromatic carbocycles. The molecule has 0 aromatic heterocycles. The van der Waals surface area contributed by atoms with Crippen LogP contribution in [0.4, 0.5) is 4.39 Å². The van der Waals surface area contributed by atoms with Gasteiger partial charge >= 0.3 is 0 Å². The van der Waals surface area contributed by atoms with Gasteiger partial charge in [0, 0.05) is 0 Å². The van der Waals surface area contributed by atoms with Crippen LogP contribution in [-0.2, 0) is 0 Å². The van der Waals surface area contributed by atoms with E-state index >= 15 is 0 Å². The Morgan fingerprint density at radius 1 is 1.00 bits per heavy atom. The number of aliphatic hydroxyl groups excluding tert-OH is 1. The van der Waals surface area contributed by atoms with Gasteiger partial charge in [-0.05, 0) is 49.0 Å². The molecule has 1 unspecified atom stereocenters. The van der Waals surface area contributed by atoms with E-state index in [0.717, 1.165) is 30.4 Å². The third kappa shape index (κ3) is 3.40. The number of aliphatic hydroxyl groups is 1. The fourth-order valence-electron chi connectivity index (χ4n) is 2.32. The zero-order chi connectivity index (χ0) is 12.1. The number of allylic oxidation sites excluding steroid dienone is 1. The molecule has 92 valence electrons. The first-order chi connectivity index (χ1) is 8.27. The maximum absolute atomic E-state index is 12.8. The van der Waals surface area contributed by atoms with E-state index in [1.54, 1.807) is 12.1 Å². The van der Waals surface area contributed by atoms with Crippen molar-refractivity contribution in [1.82, 2.24) is 0 Å². The Morgan fingerprint density at radius 3 is 2.47 bits per heavy atom. The van der Waals surface area contributed by atoms with Crippen LogP contribution < -0.4 is 0 Å². The van der Waals surface area contributed by atoms with Gasteiger partial charge in [0.25, 0.3) is 0 Å². The average molecular weight is 234 g/mol. The molecule has 17 heavy (non-hydrogen) atoms. The molecule has 1 nitrogen and oxygen atoms in total. The highest BCUT2D eigenvalue weighted by Gasteiger charge is 2.14. The largest absolute Gasteiger partial charge is 0.384 e. The summed E-state index contributed by atoms with van der Waals surface area (Å²) in [7, 11) is 0. The van der Waals surface area contributed by atoms with Gasteiger partial charge in [0.2, 0.25) is 0 Å². The minimum Gasteiger partial charge on any atom is -0.384 e. The predicted octanol–water partition coefficient (Wildman–Crippen LogP) is 4.14. The Bertz CT molecular complexity index is 380. The Hall–Kier alpha value is -1.15. The molecule has 0 saturated heterocycles. The quantitative estimate of drug-likeness (QED) is 0.762. The highest BCUT2D eigenvalue weighted by Crippen LogP contribution is 2.28. The van der Waals surface area contributed by atoms with Crippen molar-refractivity contribution < 1.29 is 9.50 Å². The Morgan fingerprint density at radius 2 is 1.71 bits per heavy atom. The fourth-order valence-corrected chi connectivity index (χ4v) is 2.32. The second-order valence-corrected chi connectivity index (χ2v) is 4.69. The number of halogens is 1. The molecule has 0 bridgehead atoms. The van der Waals surface area contributed by atoms with Gasteiger partial charge in [-0.15, -0.1) is 0 Å². The first kappa shape index (κ1) is 12.3. The second-order valence-electron chi connectivity index (χ2n) is 4.69. The Balaban J connectivity index is 2.11. The van der Waals surface area contributed by atoms with Crippen molar-refractivity contribution in [3.8, 4) is 0 Å². The van der Waals surface area contributed by atoms with Gasteiger partial charge in [-0.1, -0.05) is 31.1 Å². The van der Waals surface area contributed by atoms with E-state index in [-0.39, 0.29) is 5.82 Å². The average Bonchev–Trinajstić information content (AvgIpc) is 2.29. The van der Waals surface area contributed by atoms with Crippen LogP contribution in [0.15, 0.2) is 35.9 Å². The zero-order valence-corrected chi connectivity index (χ0v) is 10.0. The number of benzene rings is 1. The molecular formula is C15H19FO. The number of rotatable bonds is 2. The lowest BCUT2D eigenvalue weighted by Crippen LogP contribution is -2.03. The predicted molar refractivity (Wildman–Crippen MR) is 67.1 cm³/mol. The monoisotopic (exact) mass is 234 g/mol. The van der Waals surface area contributed by atoms with Crippen molar-refractivity contribution in [2.24, 2.45) is 0 Å². The van der Waals surface area contributed by atoms with Crippen molar-refractivity contribution in [2.45, 2.75) is 44.6 Å². The van der Waals surface area contributed by atoms with Crippen LogP contribution in [0.1, 0.15) is 50.2 Å². The maximum Gasteiger partial charge on any atom is 0.123 e. The van der Waals surface area contributed by atoms with Crippen LogP contribution in [0, 0.1) is 5.82 Å². The summed E-state index contributed by atoms with van der Waals surface area (Å²) in [5.41, 5.74) is 1.88. The van der Waals surface area contributed by atoms with Crippen LogP contribution in [0.5, 0.6) is 0 Å². The van der Waals surface area contributed by atoms with Crippen LogP contribution in [-0.4, -0.2) is 5.11 Å². The number of hydrogen-bond acceptors (Lipinski definition) is 1. The third-order valence-corrected chi connectivity index (χ3v) is 3.36. The van der Waals surface area contributed by atoms with Crippen LogP contribution in [0.25, 0.3) is 0 Å². The zero-order valence-electron chi connectivity index (χ0n) is 10.0. The van der Waals surface area contributed by atoms with Gasteiger partial charge in [-0.3, -0.25) is 0 Å². The summed E-state index contributed by atoms with van der Waals surface area (Å²) >= 11 is 0. The molecule has 1 N–H and O–H groups in total. The normalized spacial score (nSPS) is 22.1. The first-order valence-corrected chi connectivity index (χ1v) is 6.40. The molecule has 0 fully saturated rings. The van der Waals surface area contributed by atoms with Crippen LogP contribution in [0.3, 0.4) is 0 Å². The van der Waals surface area contributed by atoms with E-state index < -0.39 is 6.10 Å². The van der Waals surface area contributed by atoms with E-state index in [0.29, 0.717) is 0 Å². The summed E-state index contributed by atoms with van der Waals surface area (Å²) in [6.45, 7) is 0. The number of hydrogen-bond donors (Lipinski definition) is 1. The molecule has 0 aliphatic heterocycles. The minimum absolute atomic E-state index is 0.257. The first-order valence-electron chi connectivity index (χ1n) is 6.40. The third-order valence-electron chi connectivity index (χ3n) is 3.36. The van der Waals surface area contributed by atoms with Gasteiger partial charge < -0.3 is 5.11 Å². The lowest BCUT2D eigenvalue weighted by Gasteiger charge is -2.17. The molecule has 0 heterocycles. The lowest BCUT2D eigenvalue weighted by atomic mass is 9.93. The molecule has 2 rings (SSSR count). The molecular weight excluding hydrogens is 215 g/mol. The maximum atomic E-state index is 12.8. The van der Waals surface area contributed by atoms with E-state index in [2.05, 4.69) is 6.08 Å². The molecule has 0 amide bonds. The van der Waals surface area contributed by atoms with Gasteiger partial charge in [0.15, 0.2) is 0 Å². The van der Waals surface area contributed by atoms with Gasteiger partial charge in [0.05, 0.1) is 0 Å².